The van der Waals surface area contributed by atoms with E-state index in [0.29, 0.717) is 12.2 Å². The Hall–Kier alpha value is -0.670. The Bertz CT molecular complexity index is 301. The van der Waals surface area contributed by atoms with Gasteiger partial charge in [-0.3, -0.25) is 4.79 Å². The molecule has 1 N–H and O–H groups in total. The molecule has 1 fully saturated rings. The summed E-state index contributed by atoms with van der Waals surface area (Å²) in [6, 6.07) is 2.03. The van der Waals surface area contributed by atoms with Gasteiger partial charge in [0.05, 0.1) is 5.41 Å². The highest BCUT2D eigenvalue weighted by atomic mass is 32.1. The molecule has 70 valence electrons. The lowest BCUT2D eigenvalue weighted by atomic mass is 9.78. The van der Waals surface area contributed by atoms with Crippen molar-refractivity contribution in [2.75, 3.05) is 13.1 Å². The molecule has 3 heteroatoms. The molecule has 0 spiro atoms. The van der Waals surface area contributed by atoms with E-state index in [1.807, 2.05) is 23.8 Å². The van der Waals surface area contributed by atoms with Crippen LogP contribution in [0.3, 0.4) is 0 Å². The van der Waals surface area contributed by atoms with Crippen molar-refractivity contribution < 1.29 is 4.79 Å². The van der Waals surface area contributed by atoms with Gasteiger partial charge in [0.1, 0.15) is 5.78 Å². The lowest BCUT2D eigenvalue weighted by Gasteiger charge is -2.37. The molecule has 13 heavy (non-hydrogen) atoms. The van der Waals surface area contributed by atoms with Crippen LogP contribution in [0.4, 0.5) is 0 Å². The van der Waals surface area contributed by atoms with E-state index in [2.05, 4.69) is 5.32 Å². The van der Waals surface area contributed by atoms with Gasteiger partial charge >= 0.3 is 0 Å². The molecule has 0 unspecified atom stereocenters. The van der Waals surface area contributed by atoms with Crippen molar-refractivity contribution in [1.82, 2.24) is 5.32 Å². The quantitative estimate of drug-likeness (QED) is 0.791. The van der Waals surface area contributed by atoms with Gasteiger partial charge in [-0.05, 0) is 22.4 Å². The zero-order chi connectivity index (χ0) is 9.31. The van der Waals surface area contributed by atoms with Crippen molar-refractivity contribution in [2.24, 2.45) is 5.41 Å². The number of Topliss-reactive ketones (excluding diaryl/α,β-unsaturated/α-hetero) is 1. The number of nitrogens with one attached hydrogen (secondary N) is 1. The number of hydrogen-bond donors (Lipinski definition) is 1. The molecule has 0 atom stereocenters. The molecule has 1 aliphatic heterocycles. The summed E-state index contributed by atoms with van der Waals surface area (Å²) >= 11 is 1.65. The molecular formula is C10H13NOS. The van der Waals surface area contributed by atoms with Crippen LogP contribution < -0.4 is 5.32 Å². The summed E-state index contributed by atoms with van der Waals surface area (Å²) in [7, 11) is 0. The largest absolute Gasteiger partial charge is 0.315 e. The van der Waals surface area contributed by atoms with E-state index in [1.165, 1.54) is 0 Å². The fourth-order valence-corrected chi connectivity index (χ4v) is 2.16. The Morgan fingerprint density at radius 2 is 2.46 bits per heavy atom. The summed E-state index contributed by atoms with van der Waals surface area (Å²) in [5.41, 5.74) is 1.06. The van der Waals surface area contributed by atoms with Gasteiger partial charge in [-0.1, -0.05) is 6.92 Å². The second-order valence-electron chi connectivity index (χ2n) is 3.90. The highest BCUT2D eigenvalue weighted by Gasteiger charge is 2.38. The molecule has 0 aromatic carbocycles. The third kappa shape index (κ3) is 1.67. The standard InChI is InChI=1S/C10H13NOS/c1-10(6-11-7-10)9(12)4-8-2-3-13-5-8/h2-3,5,11H,4,6-7H2,1H3. The van der Waals surface area contributed by atoms with E-state index >= 15 is 0 Å². The number of thiophene rings is 1. The summed E-state index contributed by atoms with van der Waals surface area (Å²) in [6.45, 7) is 3.73. The normalized spacial score (nSPS) is 19.5. The molecule has 0 amide bonds. The third-order valence-electron chi connectivity index (χ3n) is 2.65. The zero-order valence-corrected chi connectivity index (χ0v) is 8.49. The van der Waals surface area contributed by atoms with Crippen LogP contribution in [0.15, 0.2) is 16.8 Å². The maximum absolute atomic E-state index is 11.8. The Morgan fingerprint density at radius 3 is 2.92 bits per heavy atom. The van der Waals surface area contributed by atoms with Crippen molar-refractivity contribution >= 4 is 17.1 Å². The number of carbonyl (C=O) groups is 1. The van der Waals surface area contributed by atoms with Gasteiger partial charge in [-0.2, -0.15) is 11.3 Å². The molecule has 0 bridgehead atoms. The fourth-order valence-electron chi connectivity index (χ4n) is 1.49. The molecule has 1 saturated heterocycles. The average Bonchev–Trinajstić information content (AvgIpc) is 2.52. The van der Waals surface area contributed by atoms with Crippen LogP contribution in [0.2, 0.25) is 0 Å². The minimum Gasteiger partial charge on any atom is -0.315 e. The molecule has 2 rings (SSSR count). The topological polar surface area (TPSA) is 29.1 Å². The molecule has 0 aliphatic carbocycles. The number of hydrogen-bond acceptors (Lipinski definition) is 3. The van der Waals surface area contributed by atoms with Crippen LogP contribution >= 0.6 is 11.3 Å². The molecular weight excluding hydrogens is 182 g/mol. The highest BCUT2D eigenvalue weighted by Crippen LogP contribution is 2.24. The number of ketones is 1. The number of rotatable bonds is 3. The van der Waals surface area contributed by atoms with Crippen LogP contribution in [-0.4, -0.2) is 18.9 Å². The minimum absolute atomic E-state index is 0.0953. The predicted octanol–water partition coefficient (Wildman–Crippen LogP) is 1.47. The Balaban J connectivity index is 1.99. The van der Waals surface area contributed by atoms with Gasteiger partial charge in [0.25, 0.3) is 0 Å². The SMILES string of the molecule is CC1(C(=O)Cc2ccsc2)CNC1. The first-order valence-corrected chi connectivity index (χ1v) is 5.40. The van der Waals surface area contributed by atoms with Crippen molar-refractivity contribution in [3.05, 3.63) is 22.4 Å². The van der Waals surface area contributed by atoms with E-state index in [1.54, 1.807) is 11.3 Å². The average molecular weight is 195 g/mol. The fraction of sp³-hybridized carbons (Fsp3) is 0.500. The summed E-state index contributed by atoms with van der Waals surface area (Å²) in [5, 5.41) is 7.21. The van der Waals surface area contributed by atoms with E-state index in [-0.39, 0.29) is 5.41 Å². The summed E-state index contributed by atoms with van der Waals surface area (Å²) in [4.78, 5) is 11.8. The molecule has 0 radical (unpaired) electrons. The Morgan fingerprint density at radius 1 is 1.69 bits per heavy atom. The van der Waals surface area contributed by atoms with Crippen molar-refractivity contribution in [2.45, 2.75) is 13.3 Å². The van der Waals surface area contributed by atoms with E-state index < -0.39 is 0 Å². The van der Waals surface area contributed by atoms with E-state index in [4.69, 9.17) is 0 Å². The summed E-state index contributed by atoms with van der Waals surface area (Å²) in [5.74, 6) is 0.365. The summed E-state index contributed by atoms with van der Waals surface area (Å²) in [6.07, 6.45) is 0.599. The van der Waals surface area contributed by atoms with E-state index in [0.717, 1.165) is 18.7 Å². The lowest BCUT2D eigenvalue weighted by Crippen LogP contribution is -2.56. The van der Waals surface area contributed by atoms with Gasteiger partial charge < -0.3 is 5.32 Å². The first-order valence-electron chi connectivity index (χ1n) is 4.46. The predicted molar refractivity (Wildman–Crippen MR) is 54.0 cm³/mol. The molecule has 2 heterocycles. The monoisotopic (exact) mass is 195 g/mol. The minimum atomic E-state index is -0.0953. The van der Waals surface area contributed by atoms with Crippen LogP contribution in [0.25, 0.3) is 0 Å². The van der Waals surface area contributed by atoms with Crippen LogP contribution in [0.1, 0.15) is 12.5 Å². The molecule has 0 saturated carbocycles. The van der Waals surface area contributed by atoms with Crippen molar-refractivity contribution in [1.29, 1.82) is 0 Å². The van der Waals surface area contributed by atoms with Gasteiger partial charge in [0, 0.05) is 19.5 Å². The Labute approximate surface area is 82.0 Å². The van der Waals surface area contributed by atoms with Crippen molar-refractivity contribution in [3.8, 4) is 0 Å². The molecule has 1 aromatic rings. The smallest absolute Gasteiger partial charge is 0.145 e. The van der Waals surface area contributed by atoms with Gasteiger partial charge in [0.15, 0.2) is 0 Å². The first-order chi connectivity index (χ1) is 6.21. The molecule has 1 aliphatic rings. The Kier molecular flexibility index (Phi) is 2.22. The highest BCUT2D eigenvalue weighted by molar-refractivity contribution is 7.07. The summed E-state index contributed by atoms with van der Waals surface area (Å²) < 4.78 is 0. The lowest BCUT2D eigenvalue weighted by molar-refractivity contribution is -0.129. The second-order valence-corrected chi connectivity index (χ2v) is 4.68. The number of carbonyl (C=O) groups excluding carboxylic acids is 1. The first kappa shape index (κ1) is 8.91. The third-order valence-corrected chi connectivity index (χ3v) is 3.38. The maximum Gasteiger partial charge on any atom is 0.145 e. The van der Waals surface area contributed by atoms with Gasteiger partial charge in [0.2, 0.25) is 0 Å². The van der Waals surface area contributed by atoms with Crippen molar-refractivity contribution in [3.63, 3.8) is 0 Å². The van der Waals surface area contributed by atoms with Gasteiger partial charge in [-0.25, -0.2) is 0 Å². The van der Waals surface area contributed by atoms with Crippen LogP contribution in [0.5, 0.6) is 0 Å². The molecule has 2 nitrogen and oxygen atoms in total. The van der Waals surface area contributed by atoms with Gasteiger partial charge in [-0.15, -0.1) is 0 Å². The zero-order valence-electron chi connectivity index (χ0n) is 7.67. The van der Waals surface area contributed by atoms with E-state index in [9.17, 15) is 4.79 Å². The maximum atomic E-state index is 11.8. The molecule has 1 aromatic heterocycles. The second kappa shape index (κ2) is 3.24. The van der Waals surface area contributed by atoms with Crippen LogP contribution in [-0.2, 0) is 11.2 Å². The van der Waals surface area contributed by atoms with Crippen LogP contribution in [0, 0.1) is 5.41 Å².